The minimum absolute atomic E-state index is 0.0416. The van der Waals surface area contributed by atoms with Gasteiger partial charge in [-0.1, -0.05) is 26.8 Å². The summed E-state index contributed by atoms with van der Waals surface area (Å²) in [4.78, 5) is 17.3. The fourth-order valence-electron chi connectivity index (χ4n) is 4.32. The second kappa shape index (κ2) is 12.9. The molecule has 0 fully saturated rings. The smallest absolute Gasteiger partial charge is 0.397 e. The number of halogens is 3. The zero-order chi connectivity index (χ0) is 30.5. The van der Waals surface area contributed by atoms with Crippen molar-refractivity contribution in [2.75, 3.05) is 24.0 Å². The molecular weight excluding hydrogens is 533 g/mol. The number of nitrogens with zero attached hydrogens (tertiary/aromatic N) is 2. The molecule has 0 saturated heterocycles. The lowest BCUT2D eigenvalue weighted by Gasteiger charge is -2.22. The van der Waals surface area contributed by atoms with E-state index in [-0.39, 0.29) is 34.9 Å². The molecule has 1 heterocycles. The van der Waals surface area contributed by atoms with Crippen molar-refractivity contribution < 1.29 is 22.7 Å². The zero-order valence-electron chi connectivity index (χ0n) is 24.3. The molecule has 0 saturated carbocycles. The Morgan fingerprint density at radius 3 is 2.54 bits per heavy atom. The third-order valence-electron chi connectivity index (χ3n) is 6.65. The molecule has 0 bridgehead atoms. The largest absolute Gasteiger partial charge is 0.416 e. The fourth-order valence-corrected chi connectivity index (χ4v) is 4.32. The molecule has 3 rings (SSSR count). The number of amides is 1. The van der Waals surface area contributed by atoms with Crippen LogP contribution in [-0.2, 0) is 17.5 Å². The normalized spacial score (nSPS) is 16.0. The molecule has 0 radical (unpaired) electrons. The molecule has 0 spiro atoms. The number of carbonyl (C=O) groups excluding carboxylic acids is 1. The van der Waals surface area contributed by atoms with Gasteiger partial charge in [-0.25, -0.2) is 5.84 Å². The first kappa shape index (κ1) is 31.9. The maximum atomic E-state index is 13.9. The van der Waals surface area contributed by atoms with Gasteiger partial charge in [-0.3, -0.25) is 14.8 Å². The number of alkyl halides is 3. The summed E-state index contributed by atoms with van der Waals surface area (Å²) in [6, 6.07) is 7.38. The molecular formula is C30H39F3N6O2. The quantitative estimate of drug-likeness (QED) is 0.231. The highest BCUT2D eigenvalue weighted by molar-refractivity contribution is 6.05. The van der Waals surface area contributed by atoms with Gasteiger partial charge >= 0.3 is 6.18 Å². The van der Waals surface area contributed by atoms with Crippen molar-refractivity contribution >= 4 is 23.5 Å². The van der Waals surface area contributed by atoms with Crippen molar-refractivity contribution in [1.29, 1.82) is 0 Å². The standard InChI is InChI=1S/C30H39F3N6O2/c1-18-7-8-20(11-27(18)39(35)16-26(34)22-10-24(41-6)15-36-14-22)28(40)38-23-9-21(13-37-17-29(3,4)5)19(2)25(12-23)30(31,32)33/h7-9,11-12,14-16,24,37H,10,13,17,34-35H2,1-6H3,(H,38,40)/b26-16-. The molecule has 1 aliphatic heterocycles. The van der Waals surface area contributed by atoms with Crippen molar-refractivity contribution in [1.82, 2.24) is 5.32 Å². The highest BCUT2D eigenvalue weighted by Crippen LogP contribution is 2.35. The minimum atomic E-state index is -4.57. The van der Waals surface area contributed by atoms with Crippen LogP contribution in [0.15, 0.2) is 59.0 Å². The molecule has 11 heteroatoms. The number of ether oxygens (including phenoxy) is 1. The van der Waals surface area contributed by atoms with E-state index in [1.165, 1.54) is 18.1 Å². The summed E-state index contributed by atoms with van der Waals surface area (Å²) < 4.78 is 46.9. The summed E-state index contributed by atoms with van der Waals surface area (Å²) in [6.45, 7) is 10.2. The summed E-state index contributed by atoms with van der Waals surface area (Å²) in [5.41, 5.74) is 8.65. The van der Waals surface area contributed by atoms with Crippen molar-refractivity contribution in [3.8, 4) is 0 Å². The Kier molecular flexibility index (Phi) is 10.0. The van der Waals surface area contributed by atoms with E-state index in [0.29, 0.717) is 29.9 Å². The summed E-state index contributed by atoms with van der Waals surface area (Å²) >= 11 is 0. The van der Waals surface area contributed by atoms with Crippen LogP contribution in [0.4, 0.5) is 24.5 Å². The third-order valence-corrected chi connectivity index (χ3v) is 6.65. The first-order valence-electron chi connectivity index (χ1n) is 13.2. The molecule has 0 aliphatic carbocycles. The van der Waals surface area contributed by atoms with Crippen LogP contribution in [0.1, 0.15) is 59.8 Å². The van der Waals surface area contributed by atoms with Gasteiger partial charge in [0.05, 0.1) is 23.1 Å². The van der Waals surface area contributed by atoms with Gasteiger partial charge < -0.3 is 21.1 Å². The van der Waals surface area contributed by atoms with E-state index in [1.807, 2.05) is 27.7 Å². The van der Waals surface area contributed by atoms with Crippen molar-refractivity contribution in [3.05, 3.63) is 81.8 Å². The van der Waals surface area contributed by atoms with Gasteiger partial charge in [0.1, 0.15) is 0 Å². The number of methoxy groups -OCH3 is 1. The van der Waals surface area contributed by atoms with Crippen LogP contribution in [0.5, 0.6) is 0 Å². The van der Waals surface area contributed by atoms with Crippen LogP contribution in [-0.4, -0.2) is 31.9 Å². The SMILES string of the molecule is COC1C=NC=C(/C(N)=C/N(N)c2cc(C(=O)Nc3cc(CNCC(C)(C)C)c(C)c(C(F)(F)F)c3)ccc2C)C1. The number of aryl methyl sites for hydroxylation is 1. The molecule has 1 aliphatic rings. The molecule has 41 heavy (non-hydrogen) atoms. The summed E-state index contributed by atoms with van der Waals surface area (Å²) in [7, 11) is 1.58. The highest BCUT2D eigenvalue weighted by Gasteiger charge is 2.34. The van der Waals surface area contributed by atoms with E-state index in [0.717, 1.165) is 17.2 Å². The van der Waals surface area contributed by atoms with Crippen LogP contribution in [0.25, 0.3) is 0 Å². The number of hydrogen-bond acceptors (Lipinski definition) is 7. The van der Waals surface area contributed by atoms with Gasteiger partial charge in [0.2, 0.25) is 0 Å². The van der Waals surface area contributed by atoms with Gasteiger partial charge in [-0.05, 0) is 65.8 Å². The summed E-state index contributed by atoms with van der Waals surface area (Å²) in [5, 5.41) is 7.14. The Balaban J connectivity index is 1.85. The molecule has 6 N–H and O–H groups in total. The second-order valence-corrected chi connectivity index (χ2v) is 11.3. The number of allylic oxidation sites excluding steroid dienone is 1. The van der Waals surface area contributed by atoms with E-state index >= 15 is 0 Å². The average molecular weight is 573 g/mol. The number of rotatable bonds is 9. The molecule has 1 atom stereocenters. The van der Waals surface area contributed by atoms with E-state index in [2.05, 4.69) is 15.6 Å². The molecule has 2 aromatic rings. The van der Waals surface area contributed by atoms with E-state index in [9.17, 15) is 18.0 Å². The Morgan fingerprint density at radius 1 is 1.20 bits per heavy atom. The Hall–Kier alpha value is -3.67. The first-order chi connectivity index (χ1) is 19.1. The third kappa shape index (κ3) is 8.66. The van der Waals surface area contributed by atoms with Gasteiger partial charge in [-0.15, -0.1) is 0 Å². The molecule has 1 amide bonds. The van der Waals surface area contributed by atoms with Crippen LogP contribution in [0.2, 0.25) is 0 Å². The Bertz CT molecular complexity index is 1360. The molecule has 0 aromatic heterocycles. The Morgan fingerprint density at radius 2 is 1.90 bits per heavy atom. The first-order valence-corrected chi connectivity index (χ1v) is 13.2. The number of carbonyl (C=O) groups is 1. The lowest BCUT2D eigenvalue weighted by molar-refractivity contribution is -0.138. The van der Waals surface area contributed by atoms with E-state index in [4.69, 9.17) is 16.3 Å². The average Bonchev–Trinajstić information content (AvgIpc) is 2.89. The predicted octanol–water partition coefficient (Wildman–Crippen LogP) is 5.56. The van der Waals surface area contributed by atoms with Crippen molar-refractivity contribution in [2.45, 2.75) is 59.9 Å². The highest BCUT2D eigenvalue weighted by atomic mass is 19.4. The van der Waals surface area contributed by atoms with Crippen LogP contribution in [0, 0.1) is 19.3 Å². The fraction of sp³-hybridized carbons (Fsp3) is 0.400. The number of benzene rings is 2. The summed E-state index contributed by atoms with van der Waals surface area (Å²) in [6.07, 6.45) is 0.597. The molecule has 222 valence electrons. The van der Waals surface area contributed by atoms with E-state index in [1.54, 1.807) is 43.8 Å². The number of nitrogens with one attached hydrogen (secondary N) is 2. The number of anilines is 2. The van der Waals surface area contributed by atoms with Gasteiger partial charge in [0.15, 0.2) is 0 Å². The Labute approximate surface area is 239 Å². The lowest BCUT2D eigenvalue weighted by atomic mass is 9.96. The van der Waals surface area contributed by atoms with Crippen LogP contribution < -0.4 is 27.2 Å². The lowest BCUT2D eigenvalue weighted by Crippen LogP contribution is -2.28. The number of aliphatic imine (C=N–C) groups is 1. The monoisotopic (exact) mass is 572 g/mol. The van der Waals surface area contributed by atoms with Crippen LogP contribution >= 0.6 is 0 Å². The van der Waals surface area contributed by atoms with Gasteiger partial charge in [-0.2, -0.15) is 13.2 Å². The molecule has 2 aromatic carbocycles. The molecule has 1 unspecified atom stereocenters. The number of hydrogen-bond donors (Lipinski definition) is 4. The summed E-state index contributed by atoms with van der Waals surface area (Å²) in [5.74, 6) is 5.72. The minimum Gasteiger partial charge on any atom is -0.397 e. The number of hydrazine groups is 1. The van der Waals surface area contributed by atoms with Gasteiger partial charge in [0, 0.05) is 56.5 Å². The van der Waals surface area contributed by atoms with E-state index < -0.39 is 17.6 Å². The van der Waals surface area contributed by atoms with Gasteiger partial charge in [0.25, 0.3) is 5.91 Å². The van der Waals surface area contributed by atoms with Crippen LogP contribution in [0.3, 0.4) is 0 Å². The molecule has 8 nitrogen and oxygen atoms in total. The topological polar surface area (TPSA) is 118 Å². The van der Waals surface area contributed by atoms with Crippen molar-refractivity contribution in [2.24, 2.45) is 22.0 Å². The van der Waals surface area contributed by atoms with Crippen molar-refractivity contribution in [3.63, 3.8) is 0 Å². The second-order valence-electron chi connectivity index (χ2n) is 11.3. The predicted molar refractivity (Wildman–Crippen MR) is 157 cm³/mol. The number of nitrogens with two attached hydrogens (primary N) is 2. The maximum Gasteiger partial charge on any atom is 0.416 e. The zero-order valence-corrected chi connectivity index (χ0v) is 24.3. The maximum absolute atomic E-state index is 13.9.